The molecule has 0 saturated heterocycles. The molecule has 0 spiro atoms. The van der Waals surface area contributed by atoms with E-state index >= 15 is 0 Å². The summed E-state index contributed by atoms with van der Waals surface area (Å²) < 4.78 is 0. The Balaban J connectivity index is 1.96. The van der Waals surface area contributed by atoms with Crippen molar-refractivity contribution in [2.45, 2.75) is 38.8 Å². The van der Waals surface area contributed by atoms with Crippen LogP contribution < -0.4 is 5.32 Å². The number of thiazole rings is 1. The molecule has 0 aromatic carbocycles. The third-order valence-electron chi connectivity index (χ3n) is 2.37. The molecule has 1 aliphatic rings. The first-order chi connectivity index (χ1) is 7.15. The quantitative estimate of drug-likeness (QED) is 0.795. The lowest BCUT2D eigenvalue weighted by molar-refractivity contribution is -0.136. The van der Waals surface area contributed by atoms with Gasteiger partial charge in [-0.15, -0.1) is 11.3 Å². The van der Waals surface area contributed by atoms with Crippen LogP contribution in [0.4, 0.5) is 0 Å². The summed E-state index contributed by atoms with van der Waals surface area (Å²) in [7, 11) is 0. The van der Waals surface area contributed by atoms with E-state index in [1.54, 1.807) is 0 Å². The topological polar surface area (TPSA) is 62.2 Å². The summed E-state index contributed by atoms with van der Waals surface area (Å²) in [6, 6.07) is 0.664. The Hall–Kier alpha value is -0.940. The highest BCUT2D eigenvalue weighted by atomic mass is 32.1. The maximum atomic E-state index is 10.6. The zero-order valence-corrected chi connectivity index (χ0v) is 9.43. The molecule has 2 N–H and O–H groups in total. The Morgan fingerprint density at radius 1 is 1.67 bits per heavy atom. The number of carboxylic acids is 1. The van der Waals surface area contributed by atoms with Crippen LogP contribution in [0, 0.1) is 6.92 Å². The van der Waals surface area contributed by atoms with Crippen LogP contribution in [0.1, 0.15) is 28.4 Å². The average molecular weight is 226 g/mol. The van der Waals surface area contributed by atoms with Crippen LogP contribution in [0.5, 0.6) is 0 Å². The summed E-state index contributed by atoms with van der Waals surface area (Å²) >= 11 is 1.50. The van der Waals surface area contributed by atoms with Gasteiger partial charge in [-0.05, 0) is 19.8 Å². The minimum absolute atomic E-state index is 0.0902. The van der Waals surface area contributed by atoms with Crippen LogP contribution in [0.3, 0.4) is 0 Å². The molecule has 1 aliphatic carbocycles. The molecule has 0 aliphatic heterocycles. The van der Waals surface area contributed by atoms with Crippen molar-refractivity contribution in [1.82, 2.24) is 10.3 Å². The van der Waals surface area contributed by atoms with E-state index in [4.69, 9.17) is 5.11 Å². The van der Waals surface area contributed by atoms with Crippen molar-refractivity contribution in [1.29, 1.82) is 0 Å². The van der Waals surface area contributed by atoms with Crippen molar-refractivity contribution in [3.8, 4) is 0 Å². The van der Waals surface area contributed by atoms with Crippen LogP contribution in [-0.2, 0) is 17.8 Å². The summed E-state index contributed by atoms with van der Waals surface area (Å²) in [6.45, 7) is 2.64. The Morgan fingerprint density at radius 3 is 3.00 bits per heavy atom. The van der Waals surface area contributed by atoms with E-state index in [2.05, 4.69) is 10.3 Å². The van der Waals surface area contributed by atoms with Gasteiger partial charge in [0.25, 0.3) is 0 Å². The summed E-state index contributed by atoms with van der Waals surface area (Å²) in [4.78, 5) is 15.8. The fourth-order valence-electron chi connectivity index (χ4n) is 1.38. The minimum Gasteiger partial charge on any atom is -0.481 e. The minimum atomic E-state index is -0.788. The number of aliphatic carboxylic acids is 1. The molecule has 1 aromatic heterocycles. The smallest absolute Gasteiger partial charge is 0.308 e. The number of rotatable bonds is 5. The lowest BCUT2D eigenvalue weighted by Gasteiger charge is -1.96. The van der Waals surface area contributed by atoms with E-state index in [9.17, 15) is 4.79 Å². The lowest BCUT2D eigenvalue weighted by atomic mass is 10.3. The van der Waals surface area contributed by atoms with Gasteiger partial charge in [0.05, 0.1) is 12.1 Å². The highest BCUT2D eigenvalue weighted by molar-refractivity contribution is 7.11. The highest BCUT2D eigenvalue weighted by Crippen LogP contribution is 2.22. The Bertz CT molecular complexity index is 371. The number of hydrogen-bond acceptors (Lipinski definition) is 4. The number of aromatic nitrogens is 1. The van der Waals surface area contributed by atoms with Gasteiger partial charge in [-0.25, -0.2) is 4.98 Å². The van der Waals surface area contributed by atoms with Crippen LogP contribution >= 0.6 is 11.3 Å². The number of nitrogens with zero attached hydrogens (tertiary/aromatic N) is 1. The largest absolute Gasteiger partial charge is 0.481 e. The maximum absolute atomic E-state index is 10.6. The fraction of sp³-hybridized carbons (Fsp3) is 0.600. The molecular formula is C10H14N2O2S. The van der Waals surface area contributed by atoms with E-state index in [0.717, 1.165) is 22.1 Å². The predicted molar refractivity (Wildman–Crippen MR) is 58.1 cm³/mol. The van der Waals surface area contributed by atoms with Crippen molar-refractivity contribution in [2.24, 2.45) is 0 Å². The molecule has 0 unspecified atom stereocenters. The molecule has 15 heavy (non-hydrogen) atoms. The average Bonchev–Trinajstić information content (AvgIpc) is 2.90. The molecule has 1 heterocycles. The van der Waals surface area contributed by atoms with Crippen molar-refractivity contribution in [2.75, 3.05) is 0 Å². The molecule has 0 amide bonds. The Morgan fingerprint density at radius 2 is 2.40 bits per heavy atom. The molecule has 82 valence electrons. The van der Waals surface area contributed by atoms with Gasteiger partial charge in [-0.1, -0.05) is 0 Å². The van der Waals surface area contributed by atoms with Crippen LogP contribution in [0.15, 0.2) is 0 Å². The fourth-order valence-corrected chi connectivity index (χ4v) is 2.40. The molecule has 2 rings (SSSR count). The van der Waals surface area contributed by atoms with Crippen molar-refractivity contribution in [3.63, 3.8) is 0 Å². The molecule has 5 heteroatoms. The SMILES string of the molecule is Cc1nc(CNC2CC2)sc1CC(=O)O. The zero-order valence-electron chi connectivity index (χ0n) is 8.62. The van der Waals surface area contributed by atoms with Gasteiger partial charge in [0, 0.05) is 17.5 Å². The zero-order chi connectivity index (χ0) is 10.8. The van der Waals surface area contributed by atoms with Gasteiger partial charge in [0.15, 0.2) is 0 Å². The van der Waals surface area contributed by atoms with E-state index in [-0.39, 0.29) is 6.42 Å². The highest BCUT2D eigenvalue weighted by Gasteiger charge is 2.21. The Kier molecular flexibility index (Phi) is 3.02. The molecule has 1 saturated carbocycles. The molecule has 0 bridgehead atoms. The summed E-state index contributed by atoms with van der Waals surface area (Å²) in [5, 5.41) is 13.1. The van der Waals surface area contributed by atoms with Crippen LogP contribution in [0.2, 0.25) is 0 Å². The normalized spacial score (nSPS) is 15.5. The van der Waals surface area contributed by atoms with Gasteiger partial charge in [0.1, 0.15) is 5.01 Å². The molecule has 0 radical (unpaired) electrons. The first kappa shape index (κ1) is 10.6. The van der Waals surface area contributed by atoms with Gasteiger partial charge in [-0.2, -0.15) is 0 Å². The first-order valence-electron chi connectivity index (χ1n) is 5.05. The van der Waals surface area contributed by atoms with E-state index in [1.165, 1.54) is 24.2 Å². The number of carbonyl (C=O) groups is 1. The summed E-state index contributed by atoms with van der Waals surface area (Å²) in [5.74, 6) is -0.788. The molecule has 0 atom stereocenters. The third-order valence-corrected chi connectivity index (χ3v) is 3.53. The number of carboxylic acid groups (broad SMARTS) is 1. The summed E-state index contributed by atoms with van der Waals surface area (Å²) in [5.41, 5.74) is 0.856. The number of aryl methyl sites for hydroxylation is 1. The Labute approximate surface area is 92.3 Å². The van der Waals surface area contributed by atoms with Gasteiger partial charge < -0.3 is 10.4 Å². The van der Waals surface area contributed by atoms with Crippen molar-refractivity contribution >= 4 is 17.3 Å². The second-order valence-electron chi connectivity index (χ2n) is 3.84. The van der Waals surface area contributed by atoms with Gasteiger partial charge in [0.2, 0.25) is 0 Å². The van der Waals surface area contributed by atoms with Gasteiger partial charge >= 0.3 is 5.97 Å². The second kappa shape index (κ2) is 4.28. The number of nitrogens with one attached hydrogen (secondary N) is 1. The standard InChI is InChI=1S/C10H14N2O2S/c1-6-8(4-10(13)14)15-9(12-6)5-11-7-2-3-7/h7,11H,2-5H2,1H3,(H,13,14). The van der Waals surface area contributed by atoms with E-state index in [0.29, 0.717) is 6.04 Å². The van der Waals surface area contributed by atoms with Crippen molar-refractivity contribution in [3.05, 3.63) is 15.6 Å². The molecule has 1 fully saturated rings. The van der Waals surface area contributed by atoms with E-state index < -0.39 is 5.97 Å². The second-order valence-corrected chi connectivity index (χ2v) is 5.01. The summed E-state index contributed by atoms with van der Waals surface area (Å²) in [6.07, 6.45) is 2.60. The monoisotopic (exact) mass is 226 g/mol. The van der Waals surface area contributed by atoms with Gasteiger partial charge in [-0.3, -0.25) is 4.79 Å². The van der Waals surface area contributed by atoms with E-state index in [1.807, 2.05) is 6.92 Å². The van der Waals surface area contributed by atoms with Crippen LogP contribution in [-0.4, -0.2) is 22.1 Å². The lowest BCUT2D eigenvalue weighted by Crippen LogP contribution is -2.14. The molecular weight excluding hydrogens is 212 g/mol. The number of hydrogen-bond donors (Lipinski definition) is 2. The molecule has 4 nitrogen and oxygen atoms in total. The predicted octanol–water partition coefficient (Wildman–Crippen LogP) is 1.33. The van der Waals surface area contributed by atoms with Crippen LogP contribution in [0.25, 0.3) is 0 Å². The third kappa shape index (κ3) is 3.00. The van der Waals surface area contributed by atoms with Crippen molar-refractivity contribution < 1.29 is 9.90 Å². The first-order valence-corrected chi connectivity index (χ1v) is 5.87. The molecule has 1 aromatic rings. The maximum Gasteiger partial charge on any atom is 0.308 e.